The largest absolute Gasteiger partial charge is 0.547 e. The van der Waals surface area contributed by atoms with Gasteiger partial charge in [-0.1, -0.05) is 33.8 Å². The average molecular weight is 379 g/mol. The highest BCUT2D eigenvalue weighted by atomic mass is 28.4. The topological polar surface area (TPSA) is 61.8 Å². The van der Waals surface area contributed by atoms with Crippen molar-refractivity contribution in [1.29, 1.82) is 0 Å². The molecule has 2 heterocycles. The minimum absolute atomic E-state index is 0.0727. The normalized spacial score (nSPS) is 36.1. The highest BCUT2D eigenvalue weighted by Crippen LogP contribution is 2.55. The molecule has 5 nitrogen and oxygen atoms in total. The van der Waals surface area contributed by atoms with Crippen LogP contribution in [-0.2, 0) is 23.5 Å². The summed E-state index contributed by atoms with van der Waals surface area (Å²) >= 11 is 0. The summed E-state index contributed by atoms with van der Waals surface area (Å²) < 4.78 is 17.1. The predicted octanol–water partition coefficient (Wildman–Crippen LogP) is 3.82. The van der Waals surface area contributed by atoms with E-state index in [9.17, 15) is 9.59 Å². The minimum Gasteiger partial charge on any atom is -0.547 e. The van der Waals surface area contributed by atoms with E-state index < -0.39 is 25.7 Å². The molecule has 26 heavy (non-hydrogen) atoms. The summed E-state index contributed by atoms with van der Waals surface area (Å²) in [5, 5.41) is 0.0817. The molecule has 0 aromatic rings. The van der Waals surface area contributed by atoms with Crippen molar-refractivity contribution in [2.75, 3.05) is 7.11 Å². The molecule has 1 fully saturated rings. The summed E-state index contributed by atoms with van der Waals surface area (Å²) in [7, 11) is -0.679. The number of carbonyl (C=O) groups is 2. The van der Waals surface area contributed by atoms with Crippen LogP contribution in [0.2, 0.25) is 18.1 Å². The van der Waals surface area contributed by atoms with E-state index in [0.717, 1.165) is 12.2 Å². The lowest BCUT2D eigenvalue weighted by Crippen LogP contribution is -2.61. The first-order valence-corrected chi connectivity index (χ1v) is 12.2. The molecular formula is C20H30O5Si. The number of fused-ring (bicyclic) bond motifs is 1. The van der Waals surface area contributed by atoms with E-state index >= 15 is 0 Å². The third-order valence-electron chi connectivity index (χ3n) is 6.71. The molecule has 0 aromatic heterocycles. The molecule has 1 saturated heterocycles. The molecule has 0 saturated carbocycles. The van der Waals surface area contributed by atoms with E-state index in [1.165, 1.54) is 7.11 Å². The Bertz CT molecular complexity index is 687. The maximum Gasteiger partial charge on any atom is 0.328 e. The Balaban J connectivity index is 2.03. The molecule has 4 aliphatic rings. The highest BCUT2D eigenvalue weighted by Gasteiger charge is 2.64. The smallest absolute Gasteiger partial charge is 0.328 e. The van der Waals surface area contributed by atoms with Crippen molar-refractivity contribution >= 4 is 20.3 Å². The minimum atomic E-state index is -1.99. The summed E-state index contributed by atoms with van der Waals surface area (Å²) in [5.74, 6) is -0.114. The van der Waals surface area contributed by atoms with E-state index in [2.05, 4.69) is 40.8 Å². The van der Waals surface area contributed by atoms with Crippen LogP contribution in [0.4, 0.5) is 0 Å². The highest BCUT2D eigenvalue weighted by molar-refractivity contribution is 6.74. The second-order valence-corrected chi connectivity index (χ2v) is 14.1. The number of hydrogen-bond donors (Lipinski definition) is 0. The number of hydrogen-bond acceptors (Lipinski definition) is 5. The molecule has 0 radical (unpaired) electrons. The van der Waals surface area contributed by atoms with Gasteiger partial charge in [0.1, 0.15) is 6.10 Å². The van der Waals surface area contributed by atoms with Gasteiger partial charge in [0.2, 0.25) is 8.32 Å². The predicted molar refractivity (Wildman–Crippen MR) is 101 cm³/mol. The van der Waals surface area contributed by atoms with E-state index in [0.29, 0.717) is 0 Å². The molecule has 144 valence electrons. The van der Waals surface area contributed by atoms with Gasteiger partial charge >= 0.3 is 11.9 Å². The van der Waals surface area contributed by atoms with Crippen LogP contribution < -0.4 is 0 Å². The van der Waals surface area contributed by atoms with Crippen LogP contribution in [0.25, 0.3) is 0 Å². The average Bonchev–Trinajstić information content (AvgIpc) is 2.52. The van der Waals surface area contributed by atoms with Gasteiger partial charge < -0.3 is 13.9 Å². The van der Waals surface area contributed by atoms with Gasteiger partial charge in [-0.15, -0.1) is 0 Å². The monoisotopic (exact) mass is 378 g/mol. The standard InChI is InChI=1S/C20H30O5Si/c1-12-10-13(25-26(6,7)19(2,3)4)11-14-16(12)15-8-9-20(14,17(21)23-5)18(22)24-15/h8-9,11-12,14-16H,10H2,1-7H3/t12-,14-,15?,16+,20?/m0/s1. The van der Waals surface area contributed by atoms with E-state index in [4.69, 9.17) is 13.9 Å². The van der Waals surface area contributed by atoms with Crippen LogP contribution in [-0.4, -0.2) is 33.5 Å². The second-order valence-electron chi connectivity index (χ2n) is 9.37. The summed E-state index contributed by atoms with van der Waals surface area (Å²) in [5.41, 5.74) is -1.38. The SMILES string of the molecule is COC(=O)C12C=CC(OC1=O)[C@@H]1[C@@H](C)CC(O[Si](C)(C)C(C)(C)C)=C[C@@H]12. The van der Waals surface area contributed by atoms with Crippen LogP contribution in [0, 0.1) is 23.2 Å². The molecule has 0 aromatic carbocycles. The summed E-state index contributed by atoms with van der Waals surface area (Å²) in [6.07, 6.45) is 6.07. The Morgan fingerprint density at radius 3 is 2.54 bits per heavy atom. The molecule has 6 heteroatoms. The van der Waals surface area contributed by atoms with Crippen molar-refractivity contribution in [3.05, 3.63) is 24.0 Å². The van der Waals surface area contributed by atoms with Gasteiger partial charge in [0.15, 0.2) is 5.41 Å². The van der Waals surface area contributed by atoms with Gasteiger partial charge in [0, 0.05) is 18.3 Å². The zero-order chi connectivity index (χ0) is 19.5. The van der Waals surface area contributed by atoms with Crippen LogP contribution in [0.5, 0.6) is 0 Å². The van der Waals surface area contributed by atoms with Crippen molar-refractivity contribution in [3.8, 4) is 0 Å². The fourth-order valence-corrected chi connectivity index (χ4v) is 5.30. The number of carbonyl (C=O) groups excluding carboxylic acids is 2. The van der Waals surface area contributed by atoms with Gasteiger partial charge in [0.05, 0.1) is 12.9 Å². The first-order chi connectivity index (χ1) is 11.9. The van der Waals surface area contributed by atoms with Crippen LogP contribution >= 0.6 is 0 Å². The lowest BCUT2D eigenvalue weighted by molar-refractivity contribution is -0.191. The van der Waals surface area contributed by atoms with Crippen molar-refractivity contribution in [2.45, 2.75) is 58.4 Å². The molecule has 2 aliphatic carbocycles. The van der Waals surface area contributed by atoms with Gasteiger partial charge in [-0.3, -0.25) is 9.59 Å². The maximum atomic E-state index is 12.7. The third kappa shape index (κ3) is 2.64. The zero-order valence-corrected chi connectivity index (χ0v) is 17.8. The Labute approximate surface area is 156 Å². The fourth-order valence-electron chi connectivity index (χ4n) is 4.19. The molecule has 2 unspecified atom stereocenters. The molecule has 0 amide bonds. The van der Waals surface area contributed by atoms with Crippen molar-refractivity contribution in [3.63, 3.8) is 0 Å². The molecule has 2 aliphatic heterocycles. The first kappa shape index (κ1) is 19.2. The molecule has 0 spiro atoms. The summed E-state index contributed by atoms with van der Waals surface area (Å²) in [6, 6.07) is 0. The Hall–Kier alpha value is -1.56. The first-order valence-electron chi connectivity index (χ1n) is 9.32. The molecule has 2 bridgehead atoms. The zero-order valence-electron chi connectivity index (χ0n) is 16.8. The summed E-state index contributed by atoms with van der Waals surface area (Å²) in [4.78, 5) is 25.3. The Kier molecular flexibility index (Phi) is 4.41. The van der Waals surface area contributed by atoms with E-state index in [1.807, 2.05) is 12.2 Å². The van der Waals surface area contributed by atoms with Crippen LogP contribution in [0.1, 0.15) is 34.1 Å². The Morgan fingerprint density at radius 1 is 1.35 bits per heavy atom. The second kappa shape index (κ2) is 5.97. The quantitative estimate of drug-likeness (QED) is 0.323. The third-order valence-corrected chi connectivity index (χ3v) is 11.1. The molecule has 0 N–H and O–H groups in total. The van der Waals surface area contributed by atoms with Gasteiger partial charge in [-0.2, -0.15) is 0 Å². The van der Waals surface area contributed by atoms with Crippen LogP contribution in [0.3, 0.4) is 0 Å². The van der Waals surface area contributed by atoms with Gasteiger partial charge in [-0.25, -0.2) is 0 Å². The summed E-state index contributed by atoms with van der Waals surface area (Å²) in [6.45, 7) is 13.2. The van der Waals surface area contributed by atoms with Gasteiger partial charge in [-0.05, 0) is 36.2 Å². The maximum absolute atomic E-state index is 12.7. The lowest BCUT2D eigenvalue weighted by Gasteiger charge is -2.52. The number of rotatable bonds is 3. The van der Waals surface area contributed by atoms with E-state index in [1.54, 1.807) is 6.08 Å². The van der Waals surface area contributed by atoms with Crippen LogP contribution in [0.15, 0.2) is 24.0 Å². The lowest BCUT2D eigenvalue weighted by atomic mass is 9.56. The van der Waals surface area contributed by atoms with Crippen molar-refractivity contribution in [1.82, 2.24) is 0 Å². The Morgan fingerprint density at radius 2 is 2.00 bits per heavy atom. The number of allylic oxidation sites excluding steroid dienone is 2. The molecule has 5 atom stereocenters. The van der Waals surface area contributed by atoms with E-state index in [-0.39, 0.29) is 28.9 Å². The number of methoxy groups -OCH3 is 1. The molecular weight excluding hydrogens is 348 g/mol. The number of ether oxygens (including phenoxy) is 2. The number of esters is 2. The van der Waals surface area contributed by atoms with Crippen molar-refractivity contribution in [2.24, 2.45) is 23.2 Å². The fraction of sp³-hybridized carbons (Fsp3) is 0.700. The molecule has 4 rings (SSSR count). The van der Waals surface area contributed by atoms with Crippen molar-refractivity contribution < 1.29 is 23.5 Å². The van der Waals surface area contributed by atoms with Gasteiger partial charge in [0.25, 0.3) is 0 Å².